The van der Waals surface area contributed by atoms with Crippen LogP contribution in [-0.4, -0.2) is 0 Å². The molecule has 0 spiro atoms. The number of hydrogen-bond acceptors (Lipinski definition) is 1. The van der Waals surface area contributed by atoms with Gasteiger partial charge in [0, 0.05) is 21.1 Å². The maximum Gasteiger partial charge on any atom is 0.128 e. The van der Waals surface area contributed by atoms with Gasteiger partial charge in [-0.2, -0.15) is 0 Å². The third-order valence-electron chi connectivity index (χ3n) is 2.44. The first-order valence-corrected chi connectivity index (χ1v) is 6.55. The van der Waals surface area contributed by atoms with Crippen LogP contribution in [0, 0.1) is 12.7 Å². The highest BCUT2D eigenvalue weighted by molar-refractivity contribution is 9.10. The summed E-state index contributed by atoms with van der Waals surface area (Å²) in [6, 6.07) is 10.2. The van der Waals surface area contributed by atoms with Gasteiger partial charge in [-0.15, -0.1) is 0 Å². The fourth-order valence-corrected chi connectivity index (χ4v) is 2.28. The van der Waals surface area contributed by atoms with E-state index < -0.39 is 0 Å². The van der Waals surface area contributed by atoms with Crippen LogP contribution in [0.25, 0.3) is 0 Å². The van der Waals surface area contributed by atoms with E-state index in [0.717, 1.165) is 11.1 Å². The molecular weight excluding hydrogens is 319 g/mol. The van der Waals surface area contributed by atoms with Crippen molar-refractivity contribution < 1.29 is 9.13 Å². The van der Waals surface area contributed by atoms with Crippen LogP contribution >= 0.6 is 27.5 Å². The van der Waals surface area contributed by atoms with Gasteiger partial charge in [-0.1, -0.05) is 39.7 Å². The number of rotatable bonds is 3. The first-order chi connectivity index (χ1) is 8.54. The van der Waals surface area contributed by atoms with Crippen molar-refractivity contribution in [3.63, 3.8) is 0 Å². The summed E-state index contributed by atoms with van der Waals surface area (Å²) in [7, 11) is 0. The first-order valence-electron chi connectivity index (χ1n) is 5.38. The molecule has 0 radical (unpaired) electrons. The van der Waals surface area contributed by atoms with E-state index in [9.17, 15) is 4.39 Å². The quantitative estimate of drug-likeness (QED) is 0.758. The molecule has 2 rings (SSSR count). The molecule has 2 aromatic carbocycles. The van der Waals surface area contributed by atoms with Crippen molar-refractivity contribution in [2.45, 2.75) is 13.5 Å². The molecule has 1 nitrogen and oxygen atoms in total. The van der Waals surface area contributed by atoms with Crippen LogP contribution in [-0.2, 0) is 6.61 Å². The molecule has 0 saturated carbocycles. The monoisotopic (exact) mass is 328 g/mol. The minimum atomic E-state index is -0.339. The summed E-state index contributed by atoms with van der Waals surface area (Å²) in [6.45, 7) is 2.29. The van der Waals surface area contributed by atoms with E-state index in [-0.39, 0.29) is 5.82 Å². The Labute approximate surface area is 119 Å². The minimum Gasteiger partial charge on any atom is -0.489 e. The lowest BCUT2D eigenvalue weighted by molar-refractivity contribution is 0.304. The highest BCUT2D eigenvalue weighted by Crippen LogP contribution is 2.23. The van der Waals surface area contributed by atoms with Gasteiger partial charge < -0.3 is 4.74 Å². The summed E-state index contributed by atoms with van der Waals surface area (Å²) >= 11 is 9.31. The van der Waals surface area contributed by atoms with Crippen molar-refractivity contribution in [1.29, 1.82) is 0 Å². The third-order valence-corrected chi connectivity index (χ3v) is 3.25. The molecule has 0 unspecified atom stereocenters. The zero-order chi connectivity index (χ0) is 13.1. The van der Waals surface area contributed by atoms with Crippen LogP contribution < -0.4 is 4.74 Å². The topological polar surface area (TPSA) is 9.23 Å². The molecule has 0 saturated heterocycles. The van der Waals surface area contributed by atoms with Crippen molar-refractivity contribution in [3.05, 3.63) is 62.8 Å². The van der Waals surface area contributed by atoms with Gasteiger partial charge in [0.2, 0.25) is 0 Å². The lowest BCUT2D eigenvalue weighted by Crippen LogP contribution is -1.97. The molecule has 18 heavy (non-hydrogen) atoms. The van der Waals surface area contributed by atoms with Gasteiger partial charge in [-0.3, -0.25) is 0 Å². The molecule has 0 aromatic heterocycles. The fourth-order valence-electron chi connectivity index (χ4n) is 1.54. The second kappa shape index (κ2) is 5.72. The van der Waals surface area contributed by atoms with E-state index in [1.54, 1.807) is 6.07 Å². The second-order valence-corrected chi connectivity index (χ2v) is 5.31. The molecule has 0 N–H and O–H groups in total. The average molecular weight is 330 g/mol. The predicted molar refractivity (Wildman–Crippen MR) is 74.6 cm³/mol. The van der Waals surface area contributed by atoms with Gasteiger partial charge >= 0.3 is 0 Å². The van der Waals surface area contributed by atoms with Crippen LogP contribution in [0.4, 0.5) is 4.39 Å². The van der Waals surface area contributed by atoms with Crippen LogP contribution in [0.15, 0.2) is 40.9 Å². The first kappa shape index (κ1) is 13.4. The zero-order valence-corrected chi connectivity index (χ0v) is 12.1. The number of halogens is 3. The zero-order valence-electron chi connectivity index (χ0n) is 9.71. The van der Waals surface area contributed by atoms with Crippen molar-refractivity contribution in [2.24, 2.45) is 0 Å². The largest absolute Gasteiger partial charge is 0.489 e. The van der Waals surface area contributed by atoms with Gasteiger partial charge in [-0.05, 0) is 30.7 Å². The smallest absolute Gasteiger partial charge is 0.128 e. The van der Waals surface area contributed by atoms with Crippen molar-refractivity contribution in [2.75, 3.05) is 0 Å². The molecule has 0 bridgehead atoms. The maximum absolute atomic E-state index is 13.1. The van der Waals surface area contributed by atoms with Gasteiger partial charge in [0.1, 0.15) is 18.2 Å². The van der Waals surface area contributed by atoms with Crippen molar-refractivity contribution in [3.8, 4) is 5.75 Å². The molecule has 2 aromatic rings. The van der Waals surface area contributed by atoms with Gasteiger partial charge in [0.15, 0.2) is 0 Å². The third kappa shape index (κ3) is 3.47. The van der Waals surface area contributed by atoms with Gasteiger partial charge in [-0.25, -0.2) is 4.39 Å². The Kier molecular flexibility index (Phi) is 4.25. The van der Waals surface area contributed by atoms with Gasteiger partial charge in [0.25, 0.3) is 0 Å². The fraction of sp³-hybridized carbons (Fsp3) is 0.143. The van der Waals surface area contributed by atoms with Crippen LogP contribution in [0.5, 0.6) is 5.75 Å². The summed E-state index contributed by atoms with van der Waals surface area (Å²) < 4.78 is 19.3. The van der Waals surface area contributed by atoms with E-state index in [1.807, 2.05) is 25.1 Å². The Morgan fingerprint density at radius 1 is 1.22 bits per heavy atom. The standard InChI is InChI=1S/C14H11BrClFO/c1-9-2-3-10(14(16)4-9)8-18-13-6-11(15)5-12(17)7-13/h2-7H,8H2,1H3. The average Bonchev–Trinajstić information content (AvgIpc) is 2.26. The summed E-state index contributed by atoms with van der Waals surface area (Å²) in [5.41, 5.74) is 1.97. The maximum atomic E-state index is 13.1. The van der Waals surface area contributed by atoms with Crippen LogP contribution in [0.2, 0.25) is 5.02 Å². The summed E-state index contributed by atoms with van der Waals surface area (Å²) in [4.78, 5) is 0. The summed E-state index contributed by atoms with van der Waals surface area (Å²) in [5.74, 6) is 0.132. The van der Waals surface area contributed by atoms with E-state index in [0.29, 0.717) is 21.9 Å². The minimum absolute atomic E-state index is 0.314. The van der Waals surface area contributed by atoms with Crippen LogP contribution in [0.3, 0.4) is 0 Å². The Bertz CT molecular complexity index is 551. The summed E-state index contributed by atoms with van der Waals surface area (Å²) in [6.07, 6.45) is 0. The Hall–Kier alpha value is -1.06. The molecule has 0 aliphatic carbocycles. The molecule has 0 aliphatic rings. The summed E-state index contributed by atoms with van der Waals surface area (Å²) in [5, 5.41) is 0.658. The Balaban J connectivity index is 2.11. The van der Waals surface area contributed by atoms with Crippen molar-refractivity contribution in [1.82, 2.24) is 0 Å². The van der Waals surface area contributed by atoms with E-state index >= 15 is 0 Å². The number of benzene rings is 2. The molecule has 0 atom stereocenters. The normalized spacial score (nSPS) is 10.4. The molecule has 94 valence electrons. The molecule has 0 heterocycles. The Morgan fingerprint density at radius 2 is 2.00 bits per heavy atom. The molecule has 0 aliphatic heterocycles. The van der Waals surface area contributed by atoms with Crippen molar-refractivity contribution >= 4 is 27.5 Å². The molecule has 0 fully saturated rings. The lowest BCUT2D eigenvalue weighted by Gasteiger charge is -2.09. The molecule has 4 heteroatoms. The highest BCUT2D eigenvalue weighted by atomic mass is 79.9. The van der Waals surface area contributed by atoms with Crippen LogP contribution in [0.1, 0.15) is 11.1 Å². The highest BCUT2D eigenvalue weighted by Gasteiger charge is 2.04. The lowest BCUT2D eigenvalue weighted by atomic mass is 10.2. The second-order valence-electron chi connectivity index (χ2n) is 3.99. The molecular formula is C14H11BrClFO. The van der Waals surface area contributed by atoms with Gasteiger partial charge in [0.05, 0.1) is 0 Å². The number of hydrogen-bond donors (Lipinski definition) is 0. The Morgan fingerprint density at radius 3 is 2.67 bits per heavy atom. The number of ether oxygens (including phenoxy) is 1. The number of aryl methyl sites for hydroxylation is 1. The van der Waals surface area contributed by atoms with E-state index in [4.69, 9.17) is 16.3 Å². The predicted octanol–water partition coefficient (Wildman–Crippen LogP) is 5.13. The van der Waals surface area contributed by atoms with E-state index in [2.05, 4.69) is 15.9 Å². The SMILES string of the molecule is Cc1ccc(COc2cc(F)cc(Br)c2)c(Cl)c1. The molecule has 0 amide bonds. The van der Waals surface area contributed by atoms with E-state index in [1.165, 1.54) is 12.1 Å².